The Morgan fingerprint density at radius 3 is 3.17 bits per heavy atom. The summed E-state index contributed by atoms with van der Waals surface area (Å²) in [6, 6.07) is 8.30. The van der Waals surface area contributed by atoms with E-state index in [1.54, 1.807) is 12.5 Å². The number of fused-ring (bicyclic) bond motifs is 2. The molecule has 1 spiro atoms. The number of ether oxygens (including phenoxy) is 1. The molecule has 23 heavy (non-hydrogen) atoms. The summed E-state index contributed by atoms with van der Waals surface area (Å²) in [6.45, 7) is 3.32. The van der Waals surface area contributed by atoms with Crippen LogP contribution in [0.3, 0.4) is 0 Å². The molecule has 6 heteroatoms. The Kier molecular flexibility index (Phi) is 3.53. The van der Waals surface area contributed by atoms with E-state index >= 15 is 0 Å². The van der Waals surface area contributed by atoms with Crippen molar-refractivity contribution in [1.29, 1.82) is 0 Å². The van der Waals surface area contributed by atoms with Gasteiger partial charge in [-0.15, -0.1) is 0 Å². The summed E-state index contributed by atoms with van der Waals surface area (Å²) in [7, 11) is 0. The molecule has 2 aromatic rings. The number of likely N-dealkylation sites (tertiary alicyclic amines) is 1. The van der Waals surface area contributed by atoms with Gasteiger partial charge < -0.3 is 19.5 Å². The van der Waals surface area contributed by atoms with E-state index in [9.17, 15) is 4.79 Å². The van der Waals surface area contributed by atoms with Crippen LogP contribution in [0.2, 0.25) is 0 Å². The van der Waals surface area contributed by atoms with Gasteiger partial charge in [0.25, 0.3) is 0 Å². The Morgan fingerprint density at radius 2 is 2.30 bits per heavy atom. The number of nitrogens with zero attached hydrogens (tertiary/aromatic N) is 3. The van der Waals surface area contributed by atoms with Crippen LogP contribution < -0.4 is 5.32 Å². The largest absolute Gasteiger partial charge is 0.364 e. The maximum atomic E-state index is 12.4. The van der Waals surface area contributed by atoms with Crippen LogP contribution in [0.1, 0.15) is 17.5 Å². The number of nitrogens with one attached hydrogen (secondary N) is 1. The average Bonchev–Trinajstić information content (AvgIpc) is 3.30. The molecule has 0 bridgehead atoms. The van der Waals surface area contributed by atoms with E-state index in [4.69, 9.17) is 4.74 Å². The molecular weight excluding hydrogens is 292 g/mol. The zero-order valence-electron chi connectivity index (χ0n) is 12.9. The van der Waals surface area contributed by atoms with Crippen LogP contribution in [-0.4, -0.2) is 40.1 Å². The lowest BCUT2D eigenvalue weighted by Crippen LogP contribution is -2.41. The number of urea groups is 1. The third kappa shape index (κ3) is 2.59. The quantitative estimate of drug-likeness (QED) is 0.939. The molecule has 1 fully saturated rings. The fourth-order valence-corrected chi connectivity index (χ4v) is 3.50. The van der Waals surface area contributed by atoms with Crippen molar-refractivity contribution in [2.75, 3.05) is 19.6 Å². The van der Waals surface area contributed by atoms with Gasteiger partial charge in [-0.05, 0) is 11.1 Å². The van der Waals surface area contributed by atoms with Crippen LogP contribution in [0.25, 0.3) is 0 Å². The Hall–Kier alpha value is -2.34. The molecule has 0 radical (unpaired) electrons. The summed E-state index contributed by atoms with van der Waals surface area (Å²) in [6.07, 6.45) is 6.24. The summed E-state index contributed by atoms with van der Waals surface area (Å²) < 4.78 is 8.03. The fourth-order valence-electron chi connectivity index (χ4n) is 3.50. The van der Waals surface area contributed by atoms with E-state index < -0.39 is 0 Å². The molecule has 1 saturated heterocycles. The van der Waals surface area contributed by atoms with Gasteiger partial charge in [0.15, 0.2) is 0 Å². The summed E-state index contributed by atoms with van der Waals surface area (Å²) in [5, 5.41) is 2.98. The number of hydrogen-bond donors (Lipinski definition) is 1. The highest BCUT2D eigenvalue weighted by atomic mass is 16.5. The molecular formula is C17H20N4O2. The minimum atomic E-state index is -0.307. The second-order valence-corrected chi connectivity index (χ2v) is 6.14. The van der Waals surface area contributed by atoms with Gasteiger partial charge in [-0.25, -0.2) is 9.78 Å². The normalized spacial score (nSPS) is 22.5. The fraction of sp³-hybridized carbons (Fsp3) is 0.412. The molecule has 6 nitrogen and oxygen atoms in total. The zero-order chi connectivity index (χ0) is 15.7. The van der Waals surface area contributed by atoms with Crippen molar-refractivity contribution in [3.63, 3.8) is 0 Å². The van der Waals surface area contributed by atoms with E-state index in [0.29, 0.717) is 19.7 Å². The highest BCUT2D eigenvalue weighted by Crippen LogP contribution is 2.43. The van der Waals surface area contributed by atoms with Crippen molar-refractivity contribution in [3.8, 4) is 0 Å². The first kappa shape index (κ1) is 14.3. The molecule has 2 aliphatic heterocycles. The Balaban J connectivity index is 1.36. The SMILES string of the molecule is O=C(NCCn1ccnc1)N1CC[C@]2(C1)OCc1ccccc12. The molecule has 0 unspecified atom stereocenters. The van der Waals surface area contributed by atoms with Crippen molar-refractivity contribution < 1.29 is 9.53 Å². The first-order chi connectivity index (χ1) is 11.3. The second-order valence-electron chi connectivity index (χ2n) is 6.14. The summed E-state index contributed by atoms with van der Waals surface area (Å²) in [5.74, 6) is 0. The number of imidazole rings is 1. The van der Waals surface area contributed by atoms with Gasteiger partial charge in [0.1, 0.15) is 5.60 Å². The third-order valence-electron chi connectivity index (χ3n) is 4.74. The first-order valence-corrected chi connectivity index (χ1v) is 7.98. The smallest absolute Gasteiger partial charge is 0.317 e. The lowest BCUT2D eigenvalue weighted by Gasteiger charge is -2.25. The number of aromatic nitrogens is 2. The second kappa shape index (κ2) is 5.70. The van der Waals surface area contributed by atoms with Gasteiger partial charge in [-0.1, -0.05) is 24.3 Å². The summed E-state index contributed by atoms with van der Waals surface area (Å²) >= 11 is 0. The molecule has 2 amide bonds. The molecule has 1 aromatic carbocycles. The van der Waals surface area contributed by atoms with E-state index in [1.807, 2.05) is 27.8 Å². The van der Waals surface area contributed by atoms with Gasteiger partial charge in [0, 0.05) is 38.4 Å². The van der Waals surface area contributed by atoms with Gasteiger partial charge in [0.05, 0.1) is 19.5 Å². The van der Waals surface area contributed by atoms with E-state index in [0.717, 1.165) is 19.5 Å². The maximum Gasteiger partial charge on any atom is 0.317 e. The minimum Gasteiger partial charge on any atom is -0.364 e. The molecule has 3 heterocycles. The predicted octanol–water partition coefficient (Wildman–Crippen LogP) is 1.72. The first-order valence-electron chi connectivity index (χ1n) is 7.98. The monoisotopic (exact) mass is 312 g/mol. The average molecular weight is 312 g/mol. The standard InChI is InChI=1S/C17H20N4O2/c22-16(19-7-10-20-9-6-18-13-20)21-8-5-17(12-21)15-4-2-1-3-14(15)11-23-17/h1-4,6,9,13H,5,7-8,10-12H2,(H,19,22)/t17-/m1/s1. The van der Waals surface area contributed by atoms with E-state index in [1.165, 1.54) is 11.1 Å². The number of benzene rings is 1. The van der Waals surface area contributed by atoms with Gasteiger partial charge in [-0.3, -0.25) is 0 Å². The Labute approximate surface area is 135 Å². The van der Waals surface area contributed by atoms with Crippen LogP contribution in [0.5, 0.6) is 0 Å². The summed E-state index contributed by atoms with van der Waals surface area (Å²) in [5.41, 5.74) is 2.18. The minimum absolute atomic E-state index is 0.0185. The molecule has 2 aliphatic rings. The zero-order valence-corrected chi connectivity index (χ0v) is 12.9. The molecule has 1 aromatic heterocycles. The topological polar surface area (TPSA) is 59.4 Å². The van der Waals surface area contributed by atoms with E-state index in [2.05, 4.69) is 22.4 Å². The number of carbonyl (C=O) groups excluding carboxylic acids is 1. The molecule has 0 aliphatic carbocycles. The lowest BCUT2D eigenvalue weighted by molar-refractivity contribution is -0.0272. The third-order valence-corrected chi connectivity index (χ3v) is 4.74. The van der Waals surface area contributed by atoms with Crippen molar-refractivity contribution in [2.24, 2.45) is 0 Å². The van der Waals surface area contributed by atoms with Crippen LogP contribution in [-0.2, 0) is 23.5 Å². The van der Waals surface area contributed by atoms with Crippen molar-refractivity contribution >= 4 is 6.03 Å². The maximum absolute atomic E-state index is 12.4. The number of hydrogen-bond acceptors (Lipinski definition) is 3. The van der Waals surface area contributed by atoms with Crippen molar-refractivity contribution in [2.45, 2.75) is 25.2 Å². The van der Waals surface area contributed by atoms with Crippen molar-refractivity contribution in [1.82, 2.24) is 19.8 Å². The van der Waals surface area contributed by atoms with Crippen LogP contribution >= 0.6 is 0 Å². The van der Waals surface area contributed by atoms with Crippen LogP contribution in [0, 0.1) is 0 Å². The highest BCUT2D eigenvalue weighted by Gasteiger charge is 2.46. The van der Waals surface area contributed by atoms with Crippen molar-refractivity contribution in [3.05, 3.63) is 54.1 Å². The summed E-state index contributed by atoms with van der Waals surface area (Å²) in [4.78, 5) is 18.2. The molecule has 1 N–H and O–H groups in total. The number of carbonyl (C=O) groups is 1. The van der Waals surface area contributed by atoms with Gasteiger partial charge in [-0.2, -0.15) is 0 Å². The highest BCUT2D eigenvalue weighted by molar-refractivity contribution is 5.74. The van der Waals surface area contributed by atoms with Gasteiger partial charge in [0.2, 0.25) is 0 Å². The number of amides is 2. The Morgan fingerprint density at radius 1 is 1.39 bits per heavy atom. The molecule has 120 valence electrons. The Bertz CT molecular complexity index is 700. The number of rotatable bonds is 3. The van der Waals surface area contributed by atoms with Crippen LogP contribution in [0.15, 0.2) is 43.0 Å². The molecule has 0 saturated carbocycles. The molecule has 1 atom stereocenters. The molecule has 4 rings (SSSR count). The van der Waals surface area contributed by atoms with Gasteiger partial charge >= 0.3 is 6.03 Å². The predicted molar refractivity (Wildman–Crippen MR) is 84.7 cm³/mol. The van der Waals surface area contributed by atoms with E-state index in [-0.39, 0.29) is 11.6 Å². The lowest BCUT2D eigenvalue weighted by atomic mass is 9.92. The van der Waals surface area contributed by atoms with Crippen LogP contribution in [0.4, 0.5) is 4.79 Å².